The summed E-state index contributed by atoms with van der Waals surface area (Å²) < 4.78 is 16.5. The van der Waals surface area contributed by atoms with Crippen LogP contribution in [-0.4, -0.2) is 4.98 Å². The number of nitrogens with zero attached hydrogens (tertiary/aromatic N) is 1. The van der Waals surface area contributed by atoms with E-state index in [2.05, 4.69) is 69.9 Å². The lowest BCUT2D eigenvalue weighted by Crippen LogP contribution is -1.93. The number of aryl methyl sites for hydroxylation is 1. The second-order valence-electron chi connectivity index (χ2n) is 6.94. The fourth-order valence-corrected chi connectivity index (χ4v) is 2.94. The number of fused-ring (bicyclic) bond motifs is 1. The van der Waals surface area contributed by atoms with E-state index in [9.17, 15) is 0 Å². The van der Waals surface area contributed by atoms with Crippen molar-refractivity contribution in [1.29, 1.82) is 0 Å². The monoisotopic (exact) mass is 305 g/mol. The Labute approximate surface area is 142 Å². The van der Waals surface area contributed by atoms with E-state index in [4.69, 9.17) is 2.74 Å². The summed E-state index contributed by atoms with van der Waals surface area (Å²) in [5.41, 5.74) is 5.47. The first-order valence-corrected chi connectivity index (χ1v) is 8.30. The molecule has 1 heterocycles. The number of pyridine rings is 1. The molecular weight excluding hydrogens is 278 g/mol. The van der Waals surface area contributed by atoms with Crippen molar-refractivity contribution in [2.45, 2.75) is 46.5 Å². The summed E-state index contributed by atoms with van der Waals surface area (Å²) in [6, 6.07) is 12.9. The second kappa shape index (κ2) is 6.16. The van der Waals surface area contributed by atoms with Gasteiger partial charge in [-0.05, 0) is 53.4 Å². The van der Waals surface area contributed by atoms with Crippen molar-refractivity contribution in [3.63, 3.8) is 0 Å². The average Bonchev–Trinajstić information content (AvgIpc) is 2.57. The standard InChI is InChI=1S/C22H25N/c1-14(2)17-6-7-21-18(12-17)8-9-23-22(21)20-11-16(5)10-19(13-20)15(3)4/h6-15H,1-5H3/i8D,9D. The topological polar surface area (TPSA) is 12.9 Å². The van der Waals surface area contributed by atoms with Crippen LogP contribution in [0.1, 0.15) is 59.0 Å². The first kappa shape index (κ1) is 13.3. The molecule has 1 heteroatoms. The van der Waals surface area contributed by atoms with Crippen molar-refractivity contribution in [2.75, 3.05) is 0 Å². The molecule has 0 atom stereocenters. The van der Waals surface area contributed by atoms with Crippen LogP contribution in [0, 0.1) is 6.92 Å². The van der Waals surface area contributed by atoms with Gasteiger partial charge in [-0.15, -0.1) is 0 Å². The zero-order valence-electron chi connectivity index (χ0n) is 16.6. The van der Waals surface area contributed by atoms with Gasteiger partial charge in [0.2, 0.25) is 0 Å². The number of rotatable bonds is 3. The number of aromatic nitrogens is 1. The normalized spacial score (nSPS) is 12.8. The minimum Gasteiger partial charge on any atom is -0.256 e. The molecule has 3 aromatic rings. The highest BCUT2D eigenvalue weighted by molar-refractivity contribution is 5.95. The smallest absolute Gasteiger partial charge is 0.0840 e. The van der Waals surface area contributed by atoms with Crippen molar-refractivity contribution in [2.24, 2.45) is 0 Å². The van der Waals surface area contributed by atoms with Gasteiger partial charge in [0.05, 0.1) is 8.44 Å². The Hall–Kier alpha value is -2.15. The highest BCUT2D eigenvalue weighted by Gasteiger charge is 2.10. The van der Waals surface area contributed by atoms with Crippen molar-refractivity contribution in [1.82, 2.24) is 4.98 Å². The van der Waals surface area contributed by atoms with Crippen molar-refractivity contribution < 1.29 is 2.74 Å². The lowest BCUT2D eigenvalue weighted by atomic mass is 9.94. The van der Waals surface area contributed by atoms with Crippen molar-refractivity contribution in [3.8, 4) is 11.3 Å². The molecule has 0 saturated carbocycles. The number of hydrogen-bond acceptors (Lipinski definition) is 1. The first-order valence-electron chi connectivity index (χ1n) is 9.30. The van der Waals surface area contributed by atoms with Crippen LogP contribution in [-0.2, 0) is 0 Å². The first-order chi connectivity index (χ1) is 11.8. The van der Waals surface area contributed by atoms with Gasteiger partial charge in [0.25, 0.3) is 0 Å². The predicted octanol–water partition coefficient (Wildman–Crippen LogP) is 6.46. The Bertz CT molecular complexity index is 942. The average molecular weight is 305 g/mol. The molecule has 2 aromatic carbocycles. The van der Waals surface area contributed by atoms with Gasteiger partial charge >= 0.3 is 0 Å². The molecule has 0 spiro atoms. The molecule has 0 unspecified atom stereocenters. The van der Waals surface area contributed by atoms with Gasteiger partial charge in [-0.3, -0.25) is 4.98 Å². The molecule has 0 aliphatic rings. The van der Waals surface area contributed by atoms with Crippen LogP contribution in [0.15, 0.2) is 48.6 Å². The molecule has 3 rings (SSSR count). The van der Waals surface area contributed by atoms with Gasteiger partial charge in [0, 0.05) is 17.1 Å². The molecule has 1 nitrogen and oxygen atoms in total. The molecular formula is C22H25N. The minimum absolute atomic E-state index is 0.0380. The van der Waals surface area contributed by atoms with Gasteiger partial charge in [-0.25, -0.2) is 0 Å². The van der Waals surface area contributed by atoms with Crippen molar-refractivity contribution >= 4 is 10.8 Å². The van der Waals surface area contributed by atoms with Crippen LogP contribution in [0.25, 0.3) is 22.0 Å². The van der Waals surface area contributed by atoms with Crippen LogP contribution in [0.2, 0.25) is 0 Å². The van der Waals surface area contributed by atoms with E-state index >= 15 is 0 Å². The fourth-order valence-electron chi connectivity index (χ4n) is 2.94. The van der Waals surface area contributed by atoms with Crippen LogP contribution in [0.3, 0.4) is 0 Å². The van der Waals surface area contributed by atoms with E-state index in [-0.39, 0.29) is 12.2 Å². The molecule has 0 radical (unpaired) electrons. The molecule has 0 aliphatic heterocycles. The summed E-state index contributed by atoms with van der Waals surface area (Å²) in [6.45, 7) is 10.7. The van der Waals surface area contributed by atoms with Gasteiger partial charge < -0.3 is 0 Å². The molecule has 0 bridgehead atoms. The van der Waals surface area contributed by atoms with Crippen LogP contribution in [0.5, 0.6) is 0 Å². The highest BCUT2D eigenvalue weighted by atomic mass is 14.7. The fraction of sp³-hybridized carbons (Fsp3) is 0.318. The lowest BCUT2D eigenvalue weighted by molar-refractivity contribution is 0.865. The minimum atomic E-state index is 0.0380. The third-order valence-electron chi connectivity index (χ3n) is 4.36. The Balaban J connectivity index is 2.32. The zero-order valence-corrected chi connectivity index (χ0v) is 14.6. The maximum atomic E-state index is 8.29. The Morgan fingerprint density at radius 2 is 1.65 bits per heavy atom. The lowest BCUT2D eigenvalue weighted by Gasteiger charge is -2.13. The third-order valence-corrected chi connectivity index (χ3v) is 4.36. The van der Waals surface area contributed by atoms with Gasteiger partial charge in [-0.1, -0.05) is 57.5 Å². The summed E-state index contributed by atoms with van der Waals surface area (Å²) in [6.07, 6.45) is 0.0380. The van der Waals surface area contributed by atoms with Gasteiger partial charge in [-0.2, -0.15) is 0 Å². The van der Waals surface area contributed by atoms with Crippen molar-refractivity contribution in [3.05, 3.63) is 65.3 Å². The Kier molecular flexibility index (Phi) is 3.56. The largest absolute Gasteiger partial charge is 0.256 e. The zero-order chi connectivity index (χ0) is 18.3. The SMILES string of the molecule is [2H]c1nc(-c2cc(C)cc(C(C)C)c2)c2ccc(C(C)C)cc2c1[2H]. The number of hydrogen-bond donors (Lipinski definition) is 0. The summed E-state index contributed by atoms with van der Waals surface area (Å²) in [5.74, 6) is 0.824. The van der Waals surface area contributed by atoms with E-state index in [0.717, 1.165) is 22.0 Å². The van der Waals surface area contributed by atoms with Crippen LogP contribution in [0.4, 0.5) is 0 Å². The van der Waals surface area contributed by atoms with E-state index in [1.54, 1.807) is 0 Å². The maximum Gasteiger partial charge on any atom is 0.0840 e. The quantitative estimate of drug-likeness (QED) is 0.541. The molecule has 118 valence electrons. The van der Waals surface area contributed by atoms with Crippen LogP contribution >= 0.6 is 0 Å². The summed E-state index contributed by atoms with van der Waals surface area (Å²) in [7, 11) is 0. The van der Waals surface area contributed by atoms with E-state index in [1.165, 1.54) is 16.7 Å². The molecule has 0 saturated heterocycles. The predicted molar refractivity (Wildman–Crippen MR) is 100 cm³/mol. The summed E-state index contributed by atoms with van der Waals surface area (Å²) in [5, 5.41) is 1.76. The number of benzene rings is 2. The molecule has 0 fully saturated rings. The van der Waals surface area contributed by atoms with E-state index in [1.807, 2.05) is 6.07 Å². The van der Waals surface area contributed by atoms with E-state index in [0.29, 0.717) is 11.8 Å². The Morgan fingerprint density at radius 1 is 0.913 bits per heavy atom. The second-order valence-corrected chi connectivity index (χ2v) is 6.94. The molecule has 0 amide bonds. The summed E-state index contributed by atoms with van der Waals surface area (Å²) >= 11 is 0. The van der Waals surface area contributed by atoms with Gasteiger partial charge in [0.15, 0.2) is 0 Å². The summed E-state index contributed by atoms with van der Waals surface area (Å²) in [4.78, 5) is 4.47. The maximum absolute atomic E-state index is 8.29. The Morgan fingerprint density at radius 3 is 2.35 bits per heavy atom. The third kappa shape index (κ3) is 3.14. The molecule has 0 N–H and O–H groups in total. The van der Waals surface area contributed by atoms with Crippen LogP contribution < -0.4 is 0 Å². The molecule has 0 aliphatic carbocycles. The highest BCUT2D eigenvalue weighted by Crippen LogP contribution is 2.31. The van der Waals surface area contributed by atoms with Gasteiger partial charge in [0.1, 0.15) is 0 Å². The molecule has 1 aromatic heterocycles. The van der Waals surface area contributed by atoms with E-state index < -0.39 is 0 Å². The molecule has 23 heavy (non-hydrogen) atoms.